The Bertz CT molecular complexity index is 626. The Morgan fingerprint density at radius 1 is 1.10 bits per heavy atom. The summed E-state index contributed by atoms with van der Waals surface area (Å²) in [4.78, 5) is 0. The first kappa shape index (κ1) is 16.3. The number of alkyl halides is 3. The minimum atomic E-state index is -4.35. The number of halogens is 5. The molecule has 0 aromatic heterocycles. The highest BCUT2D eigenvalue weighted by Crippen LogP contribution is 2.31. The van der Waals surface area contributed by atoms with Crippen molar-refractivity contribution in [3.63, 3.8) is 0 Å². The normalized spacial score (nSPS) is 13.2. The third-order valence-electron chi connectivity index (χ3n) is 3.03. The van der Waals surface area contributed by atoms with E-state index in [1.165, 1.54) is 12.1 Å². The first-order valence-corrected chi connectivity index (χ1v) is 7.23. The zero-order valence-electron chi connectivity index (χ0n) is 10.7. The largest absolute Gasteiger partial charge is 0.416 e. The lowest BCUT2D eigenvalue weighted by atomic mass is 10.0. The Balaban J connectivity index is 2.16. The van der Waals surface area contributed by atoms with Crippen LogP contribution in [-0.4, -0.2) is 5.11 Å². The van der Waals surface area contributed by atoms with Gasteiger partial charge in [-0.05, 0) is 41.5 Å². The van der Waals surface area contributed by atoms with Gasteiger partial charge in [-0.1, -0.05) is 39.7 Å². The van der Waals surface area contributed by atoms with Crippen molar-refractivity contribution in [2.45, 2.75) is 18.7 Å². The second-order valence-corrected chi connectivity index (χ2v) is 5.87. The first-order chi connectivity index (χ1) is 9.77. The third-order valence-corrected chi connectivity index (χ3v) is 3.98. The molecule has 1 nitrogen and oxygen atoms in total. The van der Waals surface area contributed by atoms with Gasteiger partial charge >= 0.3 is 6.18 Å². The van der Waals surface area contributed by atoms with Gasteiger partial charge in [0.25, 0.3) is 0 Å². The summed E-state index contributed by atoms with van der Waals surface area (Å²) in [5.41, 5.74) is 0.509. The molecular formula is C15H11BrClF3O. The van der Waals surface area contributed by atoms with Gasteiger partial charge in [0.05, 0.1) is 11.7 Å². The van der Waals surface area contributed by atoms with E-state index >= 15 is 0 Å². The smallest absolute Gasteiger partial charge is 0.388 e. The number of benzene rings is 2. The molecule has 112 valence electrons. The second kappa shape index (κ2) is 6.38. The molecule has 2 aromatic carbocycles. The Hall–Kier alpha value is -1.04. The van der Waals surface area contributed by atoms with Crippen LogP contribution < -0.4 is 0 Å². The average molecular weight is 380 g/mol. The molecule has 0 spiro atoms. The fraction of sp³-hybridized carbons (Fsp3) is 0.200. The minimum Gasteiger partial charge on any atom is -0.388 e. The molecule has 0 aliphatic rings. The molecule has 1 atom stereocenters. The molecule has 0 aliphatic carbocycles. The van der Waals surface area contributed by atoms with Gasteiger partial charge in [-0.15, -0.1) is 0 Å². The summed E-state index contributed by atoms with van der Waals surface area (Å²) in [7, 11) is 0. The lowest BCUT2D eigenvalue weighted by Gasteiger charge is -2.14. The van der Waals surface area contributed by atoms with E-state index in [-0.39, 0.29) is 6.42 Å². The lowest BCUT2D eigenvalue weighted by Crippen LogP contribution is -2.06. The van der Waals surface area contributed by atoms with Crippen molar-refractivity contribution >= 4 is 27.5 Å². The van der Waals surface area contributed by atoms with E-state index in [4.69, 9.17) is 11.6 Å². The molecule has 1 N–H and O–H groups in total. The number of hydrogen-bond donors (Lipinski definition) is 1. The van der Waals surface area contributed by atoms with Crippen LogP contribution in [-0.2, 0) is 12.6 Å². The zero-order valence-corrected chi connectivity index (χ0v) is 13.0. The fourth-order valence-corrected chi connectivity index (χ4v) is 2.62. The van der Waals surface area contributed by atoms with E-state index in [2.05, 4.69) is 15.9 Å². The van der Waals surface area contributed by atoms with Gasteiger partial charge in [-0.3, -0.25) is 0 Å². The molecule has 0 saturated heterocycles. The molecule has 2 aromatic rings. The maximum atomic E-state index is 12.5. The molecule has 0 radical (unpaired) electrons. The summed E-state index contributed by atoms with van der Waals surface area (Å²) >= 11 is 9.19. The summed E-state index contributed by atoms with van der Waals surface area (Å²) in [5.74, 6) is 0. The summed E-state index contributed by atoms with van der Waals surface area (Å²) in [6, 6.07) is 9.77. The highest BCUT2D eigenvalue weighted by Gasteiger charge is 2.30. The van der Waals surface area contributed by atoms with E-state index < -0.39 is 17.8 Å². The van der Waals surface area contributed by atoms with Crippen LogP contribution in [0.3, 0.4) is 0 Å². The average Bonchev–Trinajstić information content (AvgIpc) is 2.41. The van der Waals surface area contributed by atoms with Crippen LogP contribution in [0.15, 0.2) is 46.9 Å². The van der Waals surface area contributed by atoms with E-state index in [0.29, 0.717) is 20.6 Å². The monoisotopic (exact) mass is 378 g/mol. The number of aliphatic hydroxyl groups excluding tert-OH is 1. The number of aliphatic hydroxyl groups is 1. The molecule has 0 fully saturated rings. The summed E-state index contributed by atoms with van der Waals surface area (Å²) in [5, 5.41) is 10.7. The molecule has 1 unspecified atom stereocenters. The molecule has 6 heteroatoms. The molecular weight excluding hydrogens is 369 g/mol. The van der Waals surface area contributed by atoms with Crippen LogP contribution in [0.2, 0.25) is 5.02 Å². The topological polar surface area (TPSA) is 20.2 Å². The van der Waals surface area contributed by atoms with Gasteiger partial charge in [0.1, 0.15) is 0 Å². The van der Waals surface area contributed by atoms with Crippen LogP contribution in [0.5, 0.6) is 0 Å². The highest BCUT2D eigenvalue weighted by molar-refractivity contribution is 9.10. The predicted molar refractivity (Wildman–Crippen MR) is 79.3 cm³/mol. The van der Waals surface area contributed by atoms with Gasteiger partial charge in [0.2, 0.25) is 0 Å². The van der Waals surface area contributed by atoms with Crippen LogP contribution in [0.4, 0.5) is 13.2 Å². The Morgan fingerprint density at radius 2 is 1.71 bits per heavy atom. The predicted octanol–water partition coefficient (Wildman–Crippen LogP) is 5.40. The Morgan fingerprint density at radius 3 is 2.29 bits per heavy atom. The molecule has 0 saturated carbocycles. The van der Waals surface area contributed by atoms with Crippen LogP contribution in [0.25, 0.3) is 0 Å². The van der Waals surface area contributed by atoms with Gasteiger partial charge < -0.3 is 5.11 Å². The van der Waals surface area contributed by atoms with Crippen molar-refractivity contribution in [3.8, 4) is 0 Å². The van der Waals surface area contributed by atoms with Crippen molar-refractivity contribution < 1.29 is 18.3 Å². The SMILES string of the molecule is OC(Cc1ccc(C(F)(F)F)cc1)c1cc(Cl)ccc1Br. The minimum absolute atomic E-state index is 0.205. The van der Waals surface area contributed by atoms with Crippen molar-refractivity contribution in [1.29, 1.82) is 0 Å². The number of rotatable bonds is 3. The third kappa shape index (κ3) is 4.22. The summed E-state index contributed by atoms with van der Waals surface area (Å²) in [6.07, 6.45) is -5.00. The maximum Gasteiger partial charge on any atom is 0.416 e. The van der Waals surface area contributed by atoms with Gasteiger partial charge in [0, 0.05) is 15.9 Å². The maximum absolute atomic E-state index is 12.5. The van der Waals surface area contributed by atoms with E-state index in [1.54, 1.807) is 18.2 Å². The zero-order chi connectivity index (χ0) is 15.6. The standard InChI is InChI=1S/C15H11BrClF3O/c16-13-6-5-11(17)8-12(13)14(21)7-9-1-3-10(4-2-9)15(18,19)20/h1-6,8,14,21H,7H2. The molecule has 2 rings (SSSR count). The van der Waals surface area contributed by atoms with Crippen LogP contribution in [0, 0.1) is 0 Å². The molecule has 0 heterocycles. The van der Waals surface area contributed by atoms with Crippen LogP contribution in [0.1, 0.15) is 22.8 Å². The van der Waals surface area contributed by atoms with Crippen molar-refractivity contribution in [2.24, 2.45) is 0 Å². The molecule has 0 aliphatic heterocycles. The van der Waals surface area contributed by atoms with Gasteiger partial charge in [-0.2, -0.15) is 13.2 Å². The quantitative estimate of drug-likeness (QED) is 0.757. The van der Waals surface area contributed by atoms with Crippen molar-refractivity contribution in [1.82, 2.24) is 0 Å². The summed E-state index contributed by atoms with van der Waals surface area (Å²) in [6.45, 7) is 0. The summed E-state index contributed by atoms with van der Waals surface area (Å²) < 4.78 is 38.1. The van der Waals surface area contributed by atoms with E-state index in [9.17, 15) is 18.3 Å². The first-order valence-electron chi connectivity index (χ1n) is 6.06. The highest BCUT2D eigenvalue weighted by atomic mass is 79.9. The molecule has 0 bridgehead atoms. The van der Waals surface area contributed by atoms with Crippen molar-refractivity contribution in [2.75, 3.05) is 0 Å². The van der Waals surface area contributed by atoms with Gasteiger partial charge in [-0.25, -0.2) is 0 Å². The Labute approximate surface area is 133 Å². The molecule has 21 heavy (non-hydrogen) atoms. The van der Waals surface area contributed by atoms with Crippen molar-refractivity contribution in [3.05, 3.63) is 68.7 Å². The Kier molecular flexibility index (Phi) is 4.96. The van der Waals surface area contributed by atoms with Gasteiger partial charge in [0.15, 0.2) is 0 Å². The van der Waals surface area contributed by atoms with E-state index in [1.807, 2.05) is 0 Å². The van der Waals surface area contributed by atoms with Crippen LogP contribution >= 0.6 is 27.5 Å². The lowest BCUT2D eigenvalue weighted by molar-refractivity contribution is -0.137. The molecule has 0 amide bonds. The fourth-order valence-electron chi connectivity index (χ4n) is 1.93. The second-order valence-electron chi connectivity index (χ2n) is 4.58. The number of hydrogen-bond acceptors (Lipinski definition) is 1. The van der Waals surface area contributed by atoms with E-state index in [0.717, 1.165) is 12.1 Å².